The largest absolute Gasteiger partial charge is 0.391 e. The number of amides is 1. The van der Waals surface area contributed by atoms with Crippen molar-refractivity contribution in [2.75, 3.05) is 6.54 Å². The number of hydrogen-bond donors (Lipinski definition) is 3. The van der Waals surface area contributed by atoms with Gasteiger partial charge in [0.15, 0.2) is 0 Å². The third-order valence-electron chi connectivity index (χ3n) is 4.18. The van der Waals surface area contributed by atoms with Gasteiger partial charge in [0.05, 0.1) is 12.5 Å². The molecule has 0 spiro atoms. The molecule has 3 N–H and O–H groups in total. The number of H-pyrrole nitrogens is 1. The zero-order valence-corrected chi connectivity index (χ0v) is 13.8. The monoisotopic (exact) mass is 322 g/mol. The summed E-state index contributed by atoms with van der Waals surface area (Å²) in [5, 5.41) is 14.5. The molecule has 0 saturated carbocycles. The van der Waals surface area contributed by atoms with Gasteiger partial charge >= 0.3 is 0 Å². The second-order valence-electron chi connectivity index (χ2n) is 5.63. The van der Waals surface area contributed by atoms with E-state index in [4.69, 9.17) is 11.6 Å². The maximum Gasteiger partial charge on any atom is 0.224 e. The summed E-state index contributed by atoms with van der Waals surface area (Å²) in [6, 6.07) is 5.57. The van der Waals surface area contributed by atoms with Crippen molar-refractivity contribution < 1.29 is 9.90 Å². The van der Waals surface area contributed by atoms with Crippen molar-refractivity contribution in [3.05, 3.63) is 35.0 Å². The van der Waals surface area contributed by atoms with Crippen LogP contribution in [0.1, 0.15) is 32.3 Å². The fraction of sp³-hybridized carbons (Fsp3) is 0.471. The van der Waals surface area contributed by atoms with E-state index >= 15 is 0 Å². The molecule has 4 nitrogen and oxygen atoms in total. The minimum atomic E-state index is -0.485. The first-order valence-electron chi connectivity index (χ1n) is 7.75. The lowest BCUT2D eigenvalue weighted by atomic mass is 9.96. The molecule has 120 valence electrons. The van der Waals surface area contributed by atoms with Crippen molar-refractivity contribution in [1.29, 1.82) is 0 Å². The molecule has 1 amide bonds. The van der Waals surface area contributed by atoms with E-state index in [0.717, 1.165) is 29.3 Å². The summed E-state index contributed by atoms with van der Waals surface area (Å²) < 4.78 is 0. The van der Waals surface area contributed by atoms with Gasteiger partial charge in [-0.3, -0.25) is 4.79 Å². The smallest absolute Gasteiger partial charge is 0.224 e. The van der Waals surface area contributed by atoms with Gasteiger partial charge in [-0.05, 0) is 23.6 Å². The number of carbonyl (C=O) groups excluding carboxylic acids is 1. The van der Waals surface area contributed by atoms with Gasteiger partial charge in [0.2, 0.25) is 5.91 Å². The number of aliphatic hydroxyl groups excluding tert-OH is 1. The fourth-order valence-electron chi connectivity index (χ4n) is 2.76. The van der Waals surface area contributed by atoms with Crippen molar-refractivity contribution in [3.8, 4) is 0 Å². The van der Waals surface area contributed by atoms with Crippen LogP contribution in [0.4, 0.5) is 0 Å². The highest BCUT2D eigenvalue weighted by Gasteiger charge is 2.16. The van der Waals surface area contributed by atoms with Gasteiger partial charge in [-0.15, -0.1) is 0 Å². The minimum Gasteiger partial charge on any atom is -0.391 e. The third kappa shape index (κ3) is 4.02. The number of benzene rings is 1. The molecule has 2 rings (SSSR count). The van der Waals surface area contributed by atoms with E-state index in [9.17, 15) is 9.90 Å². The molecule has 0 aliphatic rings. The second kappa shape index (κ2) is 7.65. The third-order valence-corrected chi connectivity index (χ3v) is 4.42. The molecule has 0 saturated heterocycles. The molecule has 0 aliphatic heterocycles. The Balaban J connectivity index is 1.94. The molecule has 0 aliphatic carbocycles. The number of aliphatic hydroxyl groups is 1. The molecule has 2 aromatic rings. The number of carbonyl (C=O) groups is 1. The van der Waals surface area contributed by atoms with Crippen LogP contribution in [0.3, 0.4) is 0 Å². The van der Waals surface area contributed by atoms with Crippen molar-refractivity contribution in [2.45, 2.75) is 39.2 Å². The molecule has 0 radical (unpaired) electrons. The van der Waals surface area contributed by atoms with E-state index in [-0.39, 0.29) is 18.2 Å². The minimum absolute atomic E-state index is 0.0825. The van der Waals surface area contributed by atoms with Crippen LogP contribution in [0.25, 0.3) is 10.9 Å². The molecule has 1 unspecified atom stereocenters. The topological polar surface area (TPSA) is 65.1 Å². The number of rotatable bonds is 7. The Hall–Kier alpha value is -1.52. The number of aromatic amines is 1. The predicted molar refractivity (Wildman–Crippen MR) is 90.1 cm³/mol. The van der Waals surface area contributed by atoms with Crippen LogP contribution >= 0.6 is 11.6 Å². The lowest BCUT2D eigenvalue weighted by molar-refractivity contribution is -0.121. The number of aromatic nitrogens is 1. The number of fused-ring (bicyclic) bond motifs is 1. The van der Waals surface area contributed by atoms with Gasteiger partial charge in [0, 0.05) is 28.7 Å². The lowest BCUT2D eigenvalue weighted by Gasteiger charge is -2.20. The van der Waals surface area contributed by atoms with Crippen LogP contribution < -0.4 is 5.32 Å². The SMILES string of the molecule is CCC(CC)C(O)CNC(=O)Cc1c[nH]c2cc(Cl)ccc12. The average molecular weight is 323 g/mol. The summed E-state index contributed by atoms with van der Waals surface area (Å²) in [6.45, 7) is 4.41. The van der Waals surface area contributed by atoms with E-state index in [2.05, 4.69) is 24.1 Å². The Morgan fingerprint density at radius 2 is 2.09 bits per heavy atom. The molecule has 22 heavy (non-hydrogen) atoms. The van der Waals surface area contributed by atoms with E-state index in [1.165, 1.54) is 0 Å². The zero-order valence-electron chi connectivity index (χ0n) is 13.0. The second-order valence-corrected chi connectivity index (χ2v) is 6.07. The van der Waals surface area contributed by atoms with E-state index < -0.39 is 6.10 Å². The summed E-state index contributed by atoms with van der Waals surface area (Å²) in [7, 11) is 0. The molecule has 1 aromatic carbocycles. The normalized spacial score (nSPS) is 12.8. The fourth-order valence-corrected chi connectivity index (χ4v) is 2.93. The highest BCUT2D eigenvalue weighted by Crippen LogP contribution is 2.22. The van der Waals surface area contributed by atoms with E-state index in [0.29, 0.717) is 11.6 Å². The van der Waals surface area contributed by atoms with E-state index in [1.807, 2.05) is 24.4 Å². The molecule has 0 bridgehead atoms. The van der Waals surface area contributed by atoms with Crippen LogP contribution in [0, 0.1) is 5.92 Å². The highest BCUT2D eigenvalue weighted by atomic mass is 35.5. The van der Waals surface area contributed by atoms with Crippen molar-refractivity contribution in [2.24, 2.45) is 5.92 Å². The molecule has 5 heteroatoms. The van der Waals surface area contributed by atoms with Gasteiger partial charge in [-0.1, -0.05) is 44.4 Å². The van der Waals surface area contributed by atoms with E-state index in [1.54, 1.807) is 0 Å². The molecule has 1 atom stereocenters. The highest BCUT2D eigenvalue weighted by molar-refractivity contribution is 6.31. The Bertz CT molecular complexity index is 635. The summed E-state index contributed by atoms with van der Waals surface area (Å²) in [5.41, 5.74) is 1.86. The van der Waals surface area contributed by atoms with Crippen LogP contribution in [-0.4, -0.2) is 28.6 Å². The standard InChI is InChI=1S/C17H23ClN2O2/c1-3-11(4-2)16(21)10-20-17(22)7-12-9-19-15-8-13(18)5-6-14(12)15/h5-6,8-9,11,16,19,21H,3-4,7,10H2,1-2H3,(H,20,22). The first-order valence-corrected chi connectivity index (χ1v) is 8.13. The molecule has 1 heterocycles. The van der Waals surface area contributed by atoms with Gasteiger partial charge in [0.1, 0.15) is 0 Å². The lowest BCUT2D eigenvalue weighted by Crippen LogP contribution is -2.36. The zero-order chi connectivity index (χ0) is 16.1. The Kier molecular flexibility index (Phi) is 5.86. The van der Waals surface area contributed by atoms with Crippen molar-refractivity contribution in [1.82, 2.24) is 10.3 Å². The van der Waals surface area contributed by atoms with Crippen molar-refractivity contribution >= 4 is 28.4 Å². The number of nitrogens with one attached hydrogen (secondary N) is 2. The maximum atomic E-state index is 12.1. The van der Waals surface area contributed by atoms with Crippen LogP contribution in [0.15, 0.2) is 24.4 Å². The van der Waals surface area contributed by atoms with Crippen LogP contribution in [0.2, 0.25) is 5.02 Å². The van der Waals surface area contributed by atoms with Crippen molar-refractivity contribution in [3.63, 3.8) is 0 Å². The molecule has 1 aromatic heterocycles. The van der Waals surface area contributed by atoms with Gasteiger partial charge in [-0.2, -0.15) is 0 Å². The van der Waals surface area contributed by atoms with Gasteiger partial charge in [-0.25, -0.2) is 0 Å². The van der Waals surface area contributed by atoms with Gasteiger partial charge < -0.3 is 15.4 Å². The number of halogens is 1. The molecular formula is C17H23ClN2O2. The summed E-state index contributed by atoms with van der Waals surface area (Å²) >= 11 is 5.95. The molecular weight excluding hydrogens is 300 g/mol. The predicted octanol–water partition coefficient (Wildman–Crippen LogP) is 3.28. The number of hydrogen-bond acceptors (Lipinski definition) is 2. The summed E-state index contributed by atoms with van der Waals surface area (Å²) in [6.07, 6.45) is 3.46. The van der Waals surface area contributed by atoms with Gasteiger partial charge in [0.25, 0.3) is 0 Å². The molecule has 0 fully saturated rings. The first-order chi connectivity index (χ1) is 10.5. The maximum absolute atomic E-state index is 12.1. The average Bonchev–Trinajstić information content (AvgIpc) is 2.88. The first kappa shape index (κ1) is 16.8. The summed E-state index contributed by atoms with van der Waals surface area (Å²) in [4.78, 5) is 15.2. The summed E-state index contributed by atoms with van der Waals surface area (Å²) in [5.74, 6) is 0.149. The quantitative estimate of drug-likeness (QED) is 0.732. The Morgan fingerprint density at radius 1 is 1.36 bits per heavy atom. The Labute approximate surface area is 135 Å². The van der Waals surface area contributed by atoms with Crippen LogP contribution in [-0.2, 0) is 11.2 Å². The Morgan fingerprint density at radius 3 is 2.77 bits per heavy atom. The van der Waals surface area contributed by atoms with Crippen LogP contribution in [0.5, 0.6) is 0 Å².